The summed E-state index contributed by atoms with van der Waals surface area (Å²) >= 11 is 0. The van der Waals surface area contributed by atoms with Crippen LogP contribution in [0.2, 0.25) is 36.3 Å². The summed E-state index contributed by atoms with van der Waals surface area (Å²) in [7, 11) is -4.90. The van der Waals surface area contributed by atoms with Crippen molar-refractivity contribution in [2.75, 3.05) is 40.1 Å². The fourth-order valence-corrected chi connectivity index (χ4v) is 9.33. The third-order valence-corrected chi connectivity index (χ3v) is 22.2. The van der Waals surface area contributed by atoms with Crippen LogP contribution in [0.5, 0.6) is 34.5 Å². The van der Waals surface area contributed by atoms with Gasteiger partial charge in [0.1, 0.15) is 17.2 Å². The van der Waals surface area contributed by atoms with Gasteiger partial charge in [-0.15, -0.1) is 0 Å². The van der Waals surface area contributed by atoms with Crippen LogP contribution in [0.25, 0.3) is 0 Å². The van der Waals surface area contributed by atoms with Gasteiger partial charge in [0.05, 0.1) is 55.8 Å². The number of amides is 4. The maximum absolute atomic E-state index is 13.0. The summed E-state index contributed by atoms with van der Waals surface area (Å²) in [6.07, 6.45) is 0.880. The molecule has 0 bridgehead atoms. The highest BCUT2D eigenvalue weighted by Crippen LogP contribution is 2.42. The molecule has 6 rings (SSSR count). The van der Waals surface area contributed by atoms with E-state index in [1.807, 2.05) is 12.1 Å². The predicted octanol–water partition coefficient (Wildman–Crippen LogP) is 10.1. The number of rotatable bonds is 15. The molecule has 2 heterocycles. The van der Waals surface area contributed by atoms with E-state index < -0.39 is 50.4 Å². The molecule has 0 saturated carbocycles. The quantitative estimate of drug-likeness (QED) is 0.0676. The van der Waals surface area contributed by atoms with E-state index in [0.717, 1.165) is 21.6 Å². The topological polar surface area (TPSA) is 179 Å². The van der Waals surface area contributed by atoms with Gasteiger partial charge in [-0.05, 0) is 116 Å². The number of methoxy groups -OCH3 is 2. The SMILES string of the molecule is CCN(CC)CC.COc1cc(CN2C(=O)c3cccc(O)c3C2=O)ccc1O[Si](C)(C)C(C)(C)C.COc1cc(CN2C(=O)c3cccc(OS(C)(=O)=O)c3C2=O)ccc1O[Si](C)(C)C(C)(C)C. The first-order chi connectivity index (χ1) is 31.9. The third-order valence-electron chi connectivity index (χ3n) is 13.0. The smallest absolute Gasteiger partial charge is 0.306 e. The summed E-state index contributed by atoms with van der Waals surface area (Å²) in [5, 5.41) is 10.0. The number of hydrogen-bond acceptors (Lipinski definition) is 13. The monoisotopic (exact) mass is 1010 g/mol. The van der Waals surface area contributed by atoms with Crippen LogP contribution < -0.4 is 22.5 Å². The molecule has 4 aromatic rings. The average Bonchev–Trinajstić information content (AvgIpc) is 3.65. The van der Waals surface area contributed by atoms with Gasteiger partial charge in [-0.1, -0.05) is 86.6 Å². The van der Waals surface area contributed by atoms with Crippen molar-refractivity contribution in [1.82, 2.24) is 14.7 Å². The van der Waals surface area contributed by atoms with E-state index in [9.17, 15) is 32.7 Å². The Morgan fingerprint density at radius 2 is 0.957 bits per heavy atom. The van der Waals surface area contributed by atoms with E-state index in [4.69, 9.17) is 22.5 Å². The molecule has 0 saturated heterocycles. The number of carbonyl (C=O) groups excluding carboxylic acids is 4. The van der Waals surface area contributed by atoms with Gasteiger partial charge in [0, 0.05) is 0 Å². The number of ether oxygens (including phenoxy) is 2. The van der Waals surface area contributed by atoms with E-state index in [1.165, 1.54) is 51.0 Å². The van der Waals surface area contributed by atoms with Crippen molar-refractivity contribution in [1.29, 1.82) is 0 Å². The van der Waals surface area contributed by atoms with Crippen LogP contribution >= 0.6 is 0 Å². The Bertz CT molecular complexity index is 2650. The molecule has 2 aliphatic heterocycles. The first-order valence-corrected chi connectivity index (χ1v) is 30.6. The lowest BCUT2D eigenvalue weighted by Gasteiger charge is -2.36. The largest absolute Gasteiger partial charge is 0.541 e. The highest BCUT2D eigenvalue weighted by atomic mass is 32.2. The Balaban J connectivity index is 0.000000266. The highest BCUT2D eigenvalue weighted by molar-refractivity contribution is 7.86. The van der Waals surface area contributed by atoms with Crippen molar-refractivity contribution in [2.45, 2.75) is 112 Å². The molecule has 2 aliphatic rings. The highest BCUT2D eigenvalue weighted by Gasteiger charge is 2.42. The summed E-state index contributed by atoms with van der Waals surface area (Å²) < 4.78 is 51.8. The molecule has 15 nitrogen and oxygen atoms in total. The summed E-state index contributed by atoms with van der Waals surface area (Å²) in [5.74, 6) is -0.0521. The van der Waals surface area contributed by atoms with Gasteiger partial charge < -0.3 is 32.5 Å². The van der Waals surface area contributed by atoms with Crippen LogP contribution in [0.1, 0.15) is 115 Å². The second-order valence-corrected chi connectivity index (χ2v) is 30.9. The number of benzene rings is 4. The number of phenols is 1. The zero-order valence-electron chi connectivity index (χ0n) is 43.2. The second kappa shape index (κ2) is 21.9. The van der Waals surface area contributed by atoms with Gasteiger partial charge in [0.2, 0.25) is 0 Å². The van der Waals surface area contributed by atoms with Gasteiger partial charge in [-0.25, -0.2) is 0 Å². The summed E-state index contributed by atoms with van der Waals surface area (Å²) in [6.45, 7) is 31.7. The van der Waals surface area contributed by atoms with Crippen LogP contribution in [0, 0.1) is 0 Å². The Hall–Kier alpha value is -5.70. The lowest BCUT2D eigenvalue weighted by Crippen LogP contribution is -2.43. The van der Waals surface area contributed by atoms with Crippen LogP contribution in [0.15, 0.2) is 72.8 Å². The summed E-state index contributed by atoms with van der Waals surface area (Å²) in [6, 6.07) is 19.5. The average molecular weight is 1010 g/mol. The number of aromatic hydroxyl groups is 1. The molecule has 0 unspecified atom stereocenters. The van der Waals surface area contributed by atoms with Gasteiger partial charge >= 0.3 is 10.1 Å². The third kappa shape index (κ3) is 13.1. The minimum Gasteiger partial charge on any atom is -0.541 e. The molecule has 4 amide bonds. The van der Waals surface area contributed by atoms with Crippen LogP contribution in [-0.2, 0) is 23.2 Å². The molecule has 0 spiro atoms. The van der Waals surface area contributed by atoms with Crippen molar-refractivity contribution in [3.05, 3.63) is 106 Å². The lowest BCUT2D eigenvalue weighted by atomic mass is 10.1. The summed E-state index contributed by atoms with van der Waals surface area (Å²) in [4.78, 5) is 55.8. The number of carbonyl (C=O) groups is 4. The van der Waals surface area contributed by atoms with Crippen molar-refractivity contribution < 1.29 is 55.2 Å². The van der Waals surface area contributed by atoms with Crippen LogP contribution in [0.4, 0.5) is 0 Å². The Kier molecular flexibility index (Phi) is 17.8. The Morgan fingerprint density at radius 3 is 1.30 bits per heavy atom. The van der Waals surface area contributed by atoms with Crippen LogP contribution in [-0.4, -0.2) is 109 Å². The molecular formula is C51H71N3O12SSi2. The zero-order chi connectivity index (χ0) is 52.0. The van der Waals surface area contributed by atoms with Crippen molar-refractivity contribution >= 4 is 50.4 Å². The maximum Gasteiger partial charge on any atom is 0.306 e. The number of phenolic OH excluding ortho intramolecular Hbond substituents is 1. The summed E-state index contributed by atoms with van der Waals surface area (Å²) in [5.41, 5.74) is 1.72. The standard InChI is InChI=1S/C23H29NO7SSi.C22H27NO5Si.C6H15N/c1-23(2,3)33(6,7)31-17-12-11-15(13-19(17)29-4)14-24-21(25)16-9-8-10-18(20(16)22(24)26)30-32(5,27)28;1-22(2,3)29(5,6)28-17-11-10-14(12-18(17)27-4)13-23-20(25)15-8-7-9-16(24)19(15)21(23)26;1-4-7(5-2)6-3/h8-13H,14H2,1-7H3;7-12,24H,13H2,1-6H3;4-6H2,1-3H3. The Labute approximate surface area is 411 Å². The van der Waals surface area contributed by atoms with Gasteiger partial charge in [0.25, 0.3) is 40.3 Å². The predicted molar refractivity (Wildman–Crippen MR) is 274 cm³/mol. The number of nitrogens with zero attached hydrogens (tertiary/aromatic N) is 3. The number of hydrogen-bond donors (Lipinski definition) is 1. The van der Waals surface area contributed by atoms with E-state index in [0.29, 0.717) is 28.6 Å². The zero-order valence-corrected chi connectivity index (χ0v) is 46.0. The number of fused-ring (bicyclic) bond motifs is 2. The van der Waals surface area contributed by atoms with E-state index in [2.05, 4.69) is 93.4 Å². The Morgan fingerprint density at radius 1 is 0.565 bits per heavy atom. The van der Waals surface area contributed by atoms with E-state index in [1.54, 1.807) is 43.5 Å². The van der Waals surface area contributed by atoms with E-state index in [-0.39, 0.29) is 56.9 Å². The lowest BCUT2D eigenvalue weighted by molar-refractivity contribution is 0.0626. The van der Waals surface area contributed by atoms with Crippen LogP contribution in [0.3, 0.4) is 0 Å². The second-order valence-electron chi connectivity index (χ2n) is 19.9. The van der Waals surface area contributed by atoms with Crippen molar-refractivity contribution in [3.63, 3.8) is 0 Å². The molecule has 0 aromatic heterocycles. The minimum absolute atomic E-state index is 0.00258. The fraction of sp³-hybridized carbons (Fsp3) is 0.451. The minimum atomic E-state index is -3.86. The molecule has 0 radical (unpaired) electrons. The van der Waals surface area contributed by atoms with E-state index >= 15 is 0 Å². The molecule has 0 atom stereocenters. The van der Waals surface area contributed by atoms with Gasteiger partial charge in [-0.2, -0.15) is 8.42 Å². The first kappa shape index (κ1) is 55.9. The molecule has 4 aromatic carbocycles. The molecule has 0 aliphatic carbocycles. The fourth-order valence-electron chi connectivity index (χ4n) is 6.82. The van der Waals surface area contributed by atoms with Crippen molar-refractivity contribution in [3.8, 4) is 34.5 Å². The maximum atomic E-state index is 13.0. The molecular weight excluding hydrogens is 935 g/mol. The van der Waals surface area contributed by atoms with Gasteiger partial charge in [-0.3, -0.25) is 29.0 Å². The first-order valence-electron chi connectivity index (χ1n) is 23.0. The molecule has 0 fully saturated rings. The molecule has 1 N–H and O–H groups in total. The molecule has 18 heteroatoms. The van der Waals surface area contributed by atoms with Gasteiger partial charge in [0.15, 0.2) is 17.2 Å². The molecule has 69 heavy (non-hydrogen) atoms. The molecule has 376 valence electrons. The number of imide groups is 2. The van der Waals surface area contributed by atoms with Crippen molar-refractivity contribution in [2.24, 2.45) is 0 Å². The normalized spacial score (nSPS) is 13.9.